The molecule has 0 radical (unpaired) electrons. The van der Waals surface area contributed by atoms with E-state index in [1.54, 1.807) is 4.90 Å². The van der Waals surface area contributed by atoms with Gasteiger partial charge >= 0.3 is 6.09 Å². The second-order valence-electron chi connectivity index (χ2n) is 6.14. The zero-order chi connectivity index (χ0) is 15.5. The number of amides is 1. The van der Waals surface area contributed by atoms with Crippen molar-refractivity contribution in [2.24, 2.45) is 5.11 Å². The Bertz CT molecular complexity index is 586. The summed E-state index contributed by atoms with van der Waals surface area (Å²) in [5.41, 5.74) is 11.2. The zero-order valence-corrected chi connectivity index (χ0v) is 12.7. The number of benzene rings is 1. The number of azide groups is 1. The third-order valence-corrected chi connectivity index (χ3v) is 3.25. The summed E-state index contributed by atoms with van der Waals surface area (Å²) in [7, 11) is 0. The number of hydrogen-bond acceptors (Lipinski definition) is 3. The molecule has 0 aromatic heterocycles. The van der Waals surface area contributed by atoms with E-state index in [2.05, 4.69) is 16.1 Å². The van der Waals surface area contributed by atoms with Gasteiger partial charge in [0.25, 0.3) is 0 Å². The highest BCUT2D eigenvalue weighted by molar-refractivity contribution is 5.68. The van der Waals surface area contributed by atoms with Crippen molar-refractivity contribution in [2.75, 3.05) is 6.54 Å². The van der Waals surface area contributed by atoms with Crippen LogP contribution in [0.1, 0.15) is 37.5 Å². The molecule has 0 saturated carbocycles. The van der Waals surface area contributed by atoms with Crippen LogP contribution in [0.5, 0.6) is 0 Å². The average molecular weight is 288 g/mol. The lowest BCUT2D eigenvalue weighted by Crippen LogP contribution is -2.39. The molecule has 0 fully saturated rings. The van der Waals surface area contributed by atoms with Crippen molar-refractivity contribution in [2.45, 2.75) is 45.9 Å². The molecule has 0 aliphatic carbocycles. The molecule has 0 unspecified atom stereocenters. The van der Waals surface area contributed by atoms with Gasteiger partial charge in [0, 0.05) is 18.0 Å². The molecule has 2 rings (SSSR count). The Labute approximate surface area is 124 Å². The van der Waals surface area contributed by atoms with Crippen LogP contribution in [0.15, 0.2) is 23.3 Å². The van der Waals surface area contributed by atoms with Crippen molar-refractivity contribution in [1.29, 1.82) is 0 Å². The van der Waals surface area contributed by atoms with Crippen LogP contribution < -0.4 is 0 Å². The Morgan fingerprint density at radius 3 is 2.86 bits per heavy atom. The van der Waals surface area contributed by atoms with E-state index >= 15 is 0 Å². The highest BCUT2D eigenvalue weighted by atomic mass is 16.6. The summed E-state index contributed by atoms with van der Waals surface area (Å²) in [4.78, 5) is 16.6. The van der Waals surface area contributed by atoms with E-state index in [0.29, 0.717) is 19.6 Å². The molecule has 0 N–H and O–H groups in total. The van der Waals surface area contributed by atoms with Gasteiger partial charge in [0.05, 0.1) is 6.54 Å². The third-order valence-electron chi connectivity index (χ3n) is 3.25. The third kappa shape index (κ3) is 4.13. The van der Waals surface area contributed by atoms with Crippen LogP contribution in [-0.2, 0) is 24.2 Å². The van der Waals surface area contributed by atoms with E-state index < -0.39 is 5.60 Å². The Kier molecular flexibility index (Phi) is 4.38. The highest BCUT2D eigenvalue weighted by Gasteiger charge is 2.25. The number of rotatable bonds is 2. The average Bonchev–Trinajstić information content (AvgIpc) is 2.42. The molecule has 112 valence electrons. The number of nitrogens with zero attached hydrogens (tertiary/aromatic N) is 4. The fourth-order valence-electron chi connectivity index (χ4n) is 2.30. The van der Waals surface area contributed by atoms with Crippen molar-refractivity contribution in [3.8, 4) is 0 Å². The molecule has 6 nitrogen and oxygen atoms in total. The van der Waals surface area contributed by atoms with Crippen molar-refractivity contribution in [3.05, 3.63) is 45.3 Å². The number of fused-ring (bicyclic) bond motifs is 1. The Morgan fingerprint density at radius 2 is 2.19 bits per heavy atom. The first-order chi connectivity index (χ1) is 9.89. The zero-order valence-electron chi connectivity index (χ0n) is 12.7. The maximum atomic E-state index is 12.1. The topological polar surface area (TPSA) is 78.3 Å². The van der Waals surface area contributed by atoms with Gasteiger partial charge in [0.1, 0.15) is 5.60 Å². The molecule has 21 heavy (non-hydrogen) atoms. The molecule has 1 amide bonds. The molecule has 1 heterocycles. The summed E-state index contributed by atoms with van der Waals surface area (Å²) in [5, 5.41) is 3.57. The summed E-state index contributed by atoms with van der Waals surface area (Å²) in [6, 6.07) is 5.98. The minimum atomic E-state index is -0.476. The number of hydrogen-bond donors (Lipinski definition) is 0. The summed E-state index contributed by atoms with van der Waals surface area (Å²) in [6.07, 6.45) is 0.518. The molecule has 1 aromatic carbocycles. The quantitative estimate of drug-likeness (QED) is 0.471. The maximum Gasteiger partial charge on any atom is 0.410 e. The molecule has 1 aliphatic rings. The molecule has 1 aromatic rings. The molecule has 0 spiro atoms. The number of ether oxygens (including phenoxy) is 1. The van der Waals surface area contributed by atoms with Crippen LogP contribution >= 0.6 is 0 Å². The van der Waals surface area contributed by atoms with Crippen LogP contribution in [0.4, 0.5) is 4.79 Å². The SMILES string of the molecule is CC(C)(C)OC(=O)N1CCc2cc(CN=[N+]=[N-])ccc2C1. The molecule has 0 saturated heterocycles. The standard InChI is InChI=1S/C15H20N4O2/c1-15(2,3)21-14(20)19-7-6-12-8-11(9-17-18-16)4-5-13(12)10-19/h4-5,8H,6-7,9-10H2,1-3H3. The van der Waals surface area contributed by atoms with E-state index in [9.17, 15) is 4.79 Å². The van der Waals surface area contributed by atoms with Crippen molar-refractivity contribution < 1.29 is 9.53 Å². The van der Waals surface area contributed by atoms with E-state index in [0.717, 1.165) is 17.5 Å². The molecular formula is C15H20N4O2. The van der Waals surface area contributed by atoms with Crippen molar-refractivity contribution >= 4 is 6.09 Å². The van der Waals surface area contributed by atoms with Gasteiger partial charge in [-0.2, -0.15) is 0 Å². The van der Waals surface area contributed by atoms with Gasteiger partial charge < -0.3 is 9.64 Å². The van der Waals surface area contributed by atoms with Gasteiger partial charge in [-0.05, 0) is 49.4 Å². The summed E-state index contributed by atoms with van der Waals surface area (Å²) in [5.74, 6) is 0. The molecular weight excluding hydrogens is 268 g/mol. The van der Waals surface area contributed by atoms with Gasteiger partial charge in [-0.1, -0.05) is 23.3 Å². The van der Waals surface area contributed by atoms with Gasteiger partial charge in [-0.25, -0.2) is 4.79 Å². The fourth-order valence-corrected chi connectivity index (χ4v) is 2.30. The Balaban J connectivity index is 2.07. The van der Waals surface area contributed by atoms with Crippen LogP contribution in [0.25, 0.3) is 10.4 Å². The van der Waals surface area contributed by atoms with Gasteiger partial charge in [0.2, 0.25) is 0 Å². The molecule has 0 bridgehead atoms. The maximum absolute atomic E-state index is 12.1. The van der Waals surface area contributed by atoms with Crippen molar-refractivity contribution in [3.63, 3.8) is 0 Å². The first-order valence-corrected chi connectivity index (χ1v) is 6.98. The summed E-state index contributed by atoms with van der Waals surface area (Å²) < 4.78 is 5.40. The molecule has 6 heteroatoms. The fraction of sp³-hybridized carbons (Fsp3) is 0.533. The normalized spacial score (nSPS) is 14.1. The van der Waals surface area contributed by atoms with E-state index in [-0.39, 0.29) is 6.09 Å². The second kappa shape index (κ2) is 6.06. The first kappa shape index (κ1) is 15.2. The predicted molar refractivity (Wildman–Crippen MR) is 79.6 cm³/mol. The molecule has 0 atom stereocenters. The lowest BCUT2D eigenvalue weighted by Gasteiger charge is -2.31. The van der Waals surface area contributed by atoms with Gasteiger partial charge in [-0.15, -0.1) is 0 Å². The smallest absolute Gasteiger partial charge is 0.410 e. The van der Waals surface area contributed by atoms with E-state index in [1.807, 2.05) is 32.9 Å². The lowest BCUT2D eigenvalue weighted by molar-refractivity contribution is 0.0224. The van der Waals surface area contributed by atoms with Crippen LogP contribution in [0, 0.1) is 0 Å². The van der Waals surface area contributed by atoms with E-state index in [4.69, 9.17) is 10.3 Å². The second-order valence-corrected chi connectivity index (χ2v) is 6.14. The predicted octanol–water partition coefficient (Wildman–Crippen LogP) is 3.79. The number of carbonyl (C=O) groups excluding carboxylic acids is 1. The Morgan fingerprint density at radius 1 is 1.43 bits per heavy atom. The monoisotopic (exact) mass is 288 g/mol. The van der Waals surface area contributed by atoms with Gasteiger partial charge in [-0.3, -0.25) is 0 Å². The lowest BCUT2D eigenvalue weighted by atomic mass is 9.97. The van der Waals surface area contributed by atoms with E-state index in [1.165, 1.54) is 5.56 Å². The summed E-state index contributed by atoms with van der Waals surface area (Å²) in [6.45, 7) is 7.17. The summed E-state index contributed by atoms with van der Waals surface area (Å²) >= 11 is 0. The minimum absolute atomic E-state index is 0.272. The molecule has 1 aliphatic heterocycles. The minimum Gasteiger partial charge on any atom is -0.444 e. The van der Waals surface area contributed by atoms with Crippen LogP contribution in [0.2, 0.25) is 0 Å². The van der Waals surface area contributed by atoms with Crippen LogP contribution in [-0.4, -0.2) is 23.1 Å². The number of carbonyl (C=O) groups is 1. The highest BCUT2D eigenvalue weighted by Crippen LogP contribution is 2.22. The Hall–Kier alpha value is -2.20. The van der Waals surface area contributed by atoms with Crippen molar-refractivity contribution in [1.82, 2.24) is 4.90 Å². The van der Waals surface area contributed by atoms with Crippen LogP contribution in [0.3, 0.4) is 0 Å². The largest absolute Gasteiger partial charge is 0.444 e. The van der Waals surface area contributed by atoms with Gasteiger partial charge in [0.15, 0.2) is 0 Å². The first-order valence-electron chi connectivity index (χ1n) is 6.98.